The first-order valence-electron chi connectivity index (χ1n) is 15.1. The molecule has 0 spiro atoms. The molecule has 45 heavy (non-hydrogen) atoms. The van der Waals surface area contributed by atoms with E-state index in [0.29, 0.717) is 0 Å². The summed E-state index contributed by atoms with van der Waals surface area (Å²) >= 11 is 0. The Bertz CT molecular complexity index is 1430. The minimum absolute atomic E-state index is 0.00236. The Kier molecular flexibility index (Phi) is 12.0. The highest BCUT2D eigenvalue weighted by molar-refractivity contribution is 5.90. The molecule has 0 fully saturated rings. The van der Waals surface area contributed by atoms with Crippen molar-refractivity contribution < 1.29 is 28.7 Å². The molecular formula is C37H38N2O6. The van der Waals surface area contributed by atoms with Gasteiger partial charge in [-0.2, -0.15) is 0 Å². The Morgan fingerprint density at radius 3 is 1.62 bits per heavy atom. The maximum Gasteiger partial charge on any atom is 0.408 e. The molecule has 0 aliphatic rings. The fourth-order valence-electron chi connectivity index (χ4n) is 5.18. The van der Waals surface area contributed by atoms with E-state index in [1.807, 2.05) is 121 Å². The van der Waals surface area contributed by atoms with Crippen LogP contribution in [0.15, 0.2) is 121 Å². The van der Waals surface area contributed by atoms with Crippen molar-refractivity contribution in [1.29, 1.82) is 0 Å². The van der Waals surface area contributed by atoms with Crippen LogP contribution in [-0.2, 0) is 36.0 Å². The maximum atomic E-state index is 13.8. The quantitative estimate of drug-likeness (QED) is 0.125. The molecule has 232 valence electrons. The van der Waals surface area contributed by atoms with Crippen LogP contribution in [0.5, 0.6) is 0 Å². The van der Waals surface area contributed by atoms with Gasteiger partial charge in [-0.25, -0.2) is 4.79 Å². The van der Waals surface area contributed by atoms with Crippen molar-refractivity contribution in [3.8, 4) is 0 Å². The summed E-state index contributed by atoms with van der Waals surface area (Å²) in [5.74, 6) is -1.23. The fraction of sp³-hybridized carbons (Fsp3) is 0.243. The van der Waals surface area contributed by atoms with Crippen molar-refractivity contribution in [2.45, 2.75) is 50.8 Å². The van der Waals surface area contributed by atoms with Crippen LogP contribution in [0.25, 0.3) is 0 Å². The fourth-order valence-corrected chi connectivity index (χ4v) is 5.18. The Morgan fingerprint density at radius 1 is 0.644 bits per heavy atom. The van der Waals surface area contributed by atoms with E-state index in [1.165, 1.54) is 0 Å². The second-order valence-corrected chi connectivity index (χ2v) is 10.5. The molecule has 8 nitrogen and oxygen atoms in total. The van der Waals surface area contributed by atoms with Gasteiger partial charge in [0.25, 0.3) is 0 Å². The Morgan fingerprint density at radius 2 is 1.13 bits per heavy atom. The van der Waals surface area contributed by atoms with Gasteiger partial charge < -0.3 is 20.1 Å². The van der Waals surface area contributed by atoms with Gasteiger partial charge in [-0.3, -0.25) is 14.4 Å². The highest BCUT2D eigenvalue weighted by Crippen LogP contribution is 2.37. The van der Waals surface area contributed by atoms with Crippen molar-refractivity contribution in [1.82, 2.24) is 10.6 Å². The minimum Gasteiger partial charge on any atom is -0.466 e. The number of ether oxygens (including phenoxy) is 2. The van der Waals surface area contributed by atoms with Gasteiger partial charge in [0, 0.05) is 12.8 Å². The molecule has 0 radical (unpaired) electrons. The molecule has 4 aromatic carbocycles. The molecule has 0 heterocycles. The average Bonchev–Trinajstić information content (AvgIpc) is 3.08. The molecule has 0 aliphatic heterocycles. The summed E-state index contributed by atoms with van der Waals surface area (Å²) in [4.78, 5) is 51.7. The number of alkyl carbamates (subject to hydrolysis) is 1. The zero-order valence-electron chi connectivity index (χ0n) is 25.3. The smallest absolute Gasteiger partial charge is 0.408 e. The van der Waals surface area contributed by atoms with Gasteiger partial charge in [-0.05, 0) is 35.6 Å². The molecule has 0 saturated carbocycles. The molecule has 0 aliphatic carbocycles. The van der Waals surface area contributed by atoms with Gasteiger partial charge >= 0.3 is 12.1 Å². The second kappa shape index (κ2) is 16.6. The van der Waals surface area contributed by atoms with Crippen molar-refractivity contribution in [3.63, 3.8) is 0 Å². The normalized spacial score (nSPS) is 11.6. The lowest BCUT2D eigenvalue weighted by Gasteiger charge is -2.37. The van der Waals surface area contributed by atoms with Crippen LogP contribution in [-0.4, -0.2) is 36.4 Å². The summed E-state index contributed by atoms with van der Waals surface area (Å²) in [6.45, 7) is 1.91. The molecule has 0 saturated heterocycles. The van der Waals surface area contributed by atoms with Crippen molar-refractivity contribution in [2.75, 3.05) is 6.61 Å². The van der Waals surface area contributed by atoms with Gasteiger partial charge in [0.1, 0.15) is 12.1 Å². The Hall–Kier alpha value is -5.24. The van der Waals surface area contributed by atoms with Gasteiger partial charge in [-0.15, -0.1) is 0 Å². The monoisotopic (exact) mass is 606 g/mol. The molecule has 4 aromatic rings. The molecule has 4 rings (SSSR count). The van der Waals surface area contributed by atoms with Crippen LogP contribution in [0.1, 0.15) is 54.9 Å². The summed E-state index contributed by atoms with van der Waals surface area (Å²) in [6.07, 6.45) is -1.15. The summed E-state index contributed by atoms with van der Waals surface area (Å²) in [7, 11) is 0. The first-order chi connectivity index (χ1) is 21.9. The number of Topliss-reactive ketones (excluding diaryl/α,β-unsaturated/α-hetero) is 1. The first kappa shape index (κ1) is 32.7. The molecule has 2 N–H and O–H groups in total. The van der Waals surface area contributed by atoms with Crippen LogP contribution in [0, 0.1) is 0 Å². The third-order valence-electron chi connectivity index (χ3n) is 7.38. The average molecular weight is 607 g/mol. The topological polar surface area (TPSA) is 111 Å². The molecule has 0 unspecified atom stereocenters. The number of ketones is 1. The van der Waals surface area contributed by atoms with Crippen LogP contribution in [0.4, 0.5) is 4.79 Å². The molecule has 0 bridgehead atoms. The number of nitrogens with one attached hydrogen (secondary N) is 2. The molecule has 1 atom stereocenters. The number of carbonyl (C=O) groups is 4. The van der Waals surface area contributed by atoms with Crippen molar-refractivity contribution in [3.05, 3.63) is 144 Å². The lowest BCUT2D eigenvalue weighted by Crippen LogP contribution is -2.48. The number of rotatable bonds is 15. The lowest BCUT2D eigenvalue weighted by atomic mass is 9.77. The van der Waals surface area contributed by atoms with Crippen LogP contribution in [0.2, 0.25) is 0 Å². The number of amides is 2. The third-order valence-corrected chi connectivity index (χ3v) is 7.38. The zero-order valence-corrected chi connectivity index (χ0v) is 25.3. The van der Waals surface area contributed by atoms with E-state index in [-0.39, 0.29) is 44.8 Å². The van der Waals surface area contributed by atoms with Crippen molar-refractivity contribution >= 4 is 23.8 Å². The van der Waals surface area contributed by atoms with Gasteiger partial charge in [0.15, 0.2) is 5.78 Å². The number of carbonyl (C=O) groups excluding carboxylic acids is 4. The minimum atomic E-state index is -1.05. The van der Waals surface area contributed by atoms with E-state index in [4.69, 9.17) is 9.47 Å². The van der Waals surface area contributed by atoms with E-state index in [1.54, 1.807) is 6.92 Å². The molecule has 0 aromatic heterocycles. The molecule has 8 heteroatoms. The summed E-state index contributed by atoms with van der Waals surface area (Å²) in [6, 6.07) is 37.2. The van der Waals surface area contributed by atoms with Gasteiger partial charge in [-0.1, -0.05) is 121 Å². The van der Waals surface area contributed by atoms with Crippen LogP contribution >= 0.6 is 0 Å². The SMILES string of the molecule is CCOC(=O)CCC(=O)[C@H](CCC(=O)NC(c1ccccc1)(c1ccccc1)c1ccccc1)NC(=O)OCc1ccccc1. The maximum absolute atomic E-state index is 13.8. The second-order valence-electron chi connectivity index (χ2n) is 10.5. The lowest BCUT2D eigenvalue weighted by molar-refractivity contribution is -0.144. The Labute approximate surface area is 263 Å². The van der Waals surface area contributed by atoms with E-state index >= 15 is 0 Å². The number of benzene rings is 4. The third kappa shape index (κ3) is 9.13. The number of hydrogen-bond donors (Lipinski definition) is 2. The Balaban J connectivity index is 1.54. The first-order valence-corrected chi connectivity index (χ1v) is 15.1. The van der Waals surface area contributed by atoms with Gasteiger partial charge in [0.2, 0.25) is 5.91 Å². The standard InChI is InChI=1S/C37H38N2O6/c1-2-44-35(42)26-24-33(40)32(38-36(43)45-27-28-15-7-3-8-16-28)23-25-34(41)39-37(29-17-9-4-10-18-29,30-19-11-5-12-20-30)31-21-13-6-14-22-31/h3-22,32H,2,23-27H2,1H3,(H,38,43)(H,39,41)/t32-/m0/s1. The highest BCUT2D eigenvalue weighted by Gasteiger charge is 2.38. The number of esters is 1. The largest absolute Gasteiger partial charge is 0.466 e. The molecule has 2 amide bonds. The van der Waals surface area contributed by atoms with E-state index < -0.39 is 29.4 Å². The van der Waals surface area contributed by atoms with Crippen LogP contribution in [0.3, 0.4) is 0 Å². The summed E-state index contributed by atoms with van der Waals surface area (Å²) in [5, 5.41) is 5.89. The van der Waals surface area contributed by atoms with E-state index in [2.05, 4.69) is 10.6 Å². The molecular weight excluding hydrogens is 568 g/mol. The van der Waals surface area contributed by atoms with Gasteiger partial charge in [0.05, 0.1) is 19.1 Å². The van der Waals surface area contributed by atoms with E-state index in [9.17, 15) is 19.2 Å². The highest BCUT2D eigenvalue weighted by atomic mass is 16.5. The van der Waals surface area contributed by atoms with Crippen LogP contribution < -0.4 is 10.6 Å². The van der Waals surface area contributed by atoms with Crippen molar-refractivity contribution in [2.24, 2.45) is 0 Å². The predicted octanol–water partition coefficient (Wildman–Crippen LogP) is 6.08. The predicted molar refractivity (Wildman–Crippen MR) is 171 cm³/mol. The summed E-state index contributed by atoms with van der Waals surface area (Å²) < 4.78 is 10.3. The zero-order chi connectivity index (χ0) is 31.9. The number of hydrogen-bond acceptors (Lipinski definition) is 6. The summed E-state index contributed by atoms with van der Waals surface area (Å²) in [5.41, 5.74) is 2.35. The van der Waals surface area contributed by atoms with E-state index in [0.717, 1.165) is 22.3 Å².